The first-order chi connectivity index (χ1) is 18.3. The molecular formula is C28H28FN5O4. The van der Waals surface area contributed by atoms with Crippen LogP contribution in [0.5, 0.6) is 0 Å². The third-order valence-electron chi connectivity index (χ3n) is 6.91. The topological polar surface area (TPSA) is 110 Å². The number of aryl methyl sites for hydroxylation is 1. The lowest BCUT2D eigenvalue weighted by Gasteiger charge is -2.26. The molecule has 1 fully saturated rings. The largest absolute Gasteiger partial charge is 0.381 e. The molecule has 4 heterocycles. The Balaban J connectivity index is 1.26. The molecule has 2 aliphatic heterocycles. The van der Waals surface area contributed by atoms with Crippen LogP contribution in [0.25, 0.3) is 0 Å². The quantitative estimate of drug-likeness (QED) is 0.408. The minimum absolute atomic E-state index is 0.240. The first kappa shape index (κ1) is 25.6. The normalized spacial score (nSPS) is 18.7. The Kier molecular flexibility index (Phi) is 7.22. The van der Waals surface area contributed by atoms with Gasteiger partial charge in [0.2, 0.25) is 11.9 Å². The van der Waals surface area contributed by atoms with Crippen LogP contribution < -0.4 is 10.2 Å². The fraction of sp³-hybridized carbons (Fsp3) is 0.357. The maximum Gasteiger partial charge on any atom is 0.342 e. The average Bonchev–Trinajstić information content (AvgIpc) is 3.36. The Labute approximate surface area is 219 Å². The van der Waals surface area contributed by atoms with Gasteiger partial charge in [0.15, 0.2) is 0 Å². The SMILES string of the molecule is CN1C(=O)[C@H](NC(=O)n2cc(Cc3cccnc3F)cn2)CCc2ccc(C#CC3(O)CCOCC3)cc21. The average molecular weight is 518 g/mol. The van der Waals surface area contributed by atoms with Gasteiger partial charge < -0.3 is 20.1 Å². The van der Waals surface area contributed by atoms with E-state index in [4.69, 9.17) is 4.74 Å². The monoisotopic (exact) mass is 517 g/mol. The number of hydrogen-bond acceptors (Lipinski definition) is 6. The Bertz CT molecular complexity index is 1420. The zero-order valence-corrected chi connectivity index (χ0v) is 21.0. The summed E-state index contributed by atoms with van der Waals surface area (Å²) in [6.45, 7) is 0.950. The summed E-state index contributed by atoms with van der Waals surface area (Å²) >= 11 is 0. The summed E-state index contributed by atoms with van der Waals surface area (Å²) in [5.74, 6) is 5.19. The standard InChI is InChI=1S/C28H28FN5O4/c1-33-24-16-19(8-9-28(37)10-13-38-14-11-28)4-5-21(24)6-7-23(26(33)35)32-27(36)34-18-20(17-31-34)15-22-3-2-12-30-25(22)29/h2-5,12,16-18,23,37H,6-7,10-11,13-15H2,1H3,(H,32,36)/t23-/m1/s1. The van der Waals surface area contributed by atoms with Gasteiger partial charge in [-0.25, -0.2) is 9.78 Å². The fourth-order valence-corrected chi connectivity index (χ4v) is 4.65. The second-order valence-corrected chi connectivity index (χ2v) is 9.60. The van der Waals surface area contributed by atoms with Crippen molar-refractivity contribution in [1.82, 2.24) is 20.1 Å². The van der Waals surface area contributed by atoms with Crippen molar-refractivity contribution in [1.29, 1.82) is 0 Å². The van der Waals surface area contributed by atoms with Crippen LogP contribution in [0.1, 0.15) is 41.5 Å². The maximum absolute atomic E-state index is 13.9. The number of carbonyl (C=O) groups is 2. The molecule has 0 spiro atoms. The van der Waals surface area contributed by atoms with Crippen molar-refractivity contribution in [2.24, 2.45) is 0 Å². The highest BCUT2D eigenvalue weighted by Crippen LogP contribution is 2.28. The minimum Gasteiger partial charge on any atom is -0.381 e. The lowest BCUT2D eigenvalue weighted by molar-refractivity contribution is -0.120. The highest BCUT2D eigenvalue weighted by molar-refractivity contribution is 6.00. The van der Waals surface area contributed by atoms with Gasteiger partial charge in [-0.1, -0.05) is 24.0 Å². The number of aromatic nitrogens is 3. The van der Waals surface area contributed by atoms with E-state index in [-0.39, 0.29) is 12.3 Å². The predicted molar refractivity (Wildman–Crippen MR) is 137 cm³/mol. The van der Waals surface area contributed by atoms with Crippen molar-refractivity contribution in [3.63, 3.8) is 0 Å². The molecule has 38 heavy (non-hydrogen) atoms. The van der Waals surface area contributed by atoms with Gasteiger partial charge in [-0.15, -0.1) is 0 Å². The van der Waals surface area contributed by atoms with Crippen LogP contribution in [0.3, 0.4) is 0 Å². The molecule has 5 rings (SSSR count). The number of hydrogen-bond donors (Lipinski definition) is 2. The van der Waals surface area contributed by atoms with Gasteiger partial charge >= 0.3 is 6.03 Å². The maximum atomic E-state index is 13.9. The third-order valence-corrected chi connectivity index (χ3v) is 6.91. The van der Waals surface area contributed by atoms with Gasteiger partial charge in [-0.3, -0.25) is 4.79 Å². The second kappa shape index (κ2) is 10.7. The van der Waals surface area contributed by atoms with E-state index in [0.717, 1.165) is 15.9 Å². The predicted octanol–water partition coefficient (Wildman–Crippen LogP) is 2.44. The van der Waals surface area contributed by atoms with Crippen LogP contribution >= 0.6 is 0 Å². The zero-order chi connectivity index (χ0) is 26.7. The molecule has 0 radical (unpaired) electrons. The summed E-state index contributed by atoms with van der Waals surface area (Å²) in [6.07, 6.45) is 6.54. The first-order valence-electron chi connectivity index (χ1n) is 12.5. The highest BCUT2D eigenvalue weighted by Gasteiger charge is 2.30. The van der Waals surface area contributed by atoms with E-state index in [9.17, 15) is 19.1 Å². The molecule has 10 heteroatoms. The van der Waals surface area contributed by atoms with Crippen molar-refractivity contribution in [3.05, 3.63) is 77.1 Å². The fourth-order valence-electron chi connectivity index (χ4n) is 4.65. The molecule has 196 valence electrons. The number of carbonyl (C=O) groups excluding carboxylic acids is 2. The Morgan fingerprint density at radius 2 is 2.13 bits per heavy atom. The van der Waals surface area contributed by atoms with E-state index in [2.05, 4.69) is 27.2 Å². The van der Waals surface area contributed by atoms with E-state index in [1.54, 1.807) is 19.2 Å². The Morgan fingerprint density at radius 3 is 2.92 bits per heavy atom. The number of rotatable bonds is 3. The van der Waals surface area contributed by atoms with Crippen molar-refractivity contribution >= 4 is 17.6 Å². The van der Waals surface area contributed by atoms with Crippen molar-refractivity contribution < 1.29 is 23.8 Å². The van der Waals surface area contributed by atoms with Gasteiger partial charge in [-0.05, 0) is 42.2 Å². The number of anilines is 1. The minimum atomic E-state index is -1.07. The summed E-state index contributed by atoms with van der Waals surface area (Å²) < 4.78 is 20.3. The number of nitrogens with zero attached hydrogens (tertiary/aromatic N) is 4. The zero-order valence-electron chi connectivity index (χ0n) is 21.0. The number of fused-ring (bicyclic) bond motifs is 1. The summed E-state index contributed by atoms with van der Waals surface area (Å²) in [6, 6.07) is 7.62. The third kappa shape index (κ3) is 5.59. The summed E-state index contributed by atoms with van der Waals surface area (Å²) in [5, 5.41) is 17.5. The van der Waals surface area contributed by atoms with E-state index >= 15 is 0 Å². The van der Waals surface area contributed by atoms with E-state index in [0.29, 0.717) is 55.6 Å². The first-order valence-corrected chi connectivity index (χ1v) is 12.5. The molecule has 1 saturated heterocycles. The Hall–Kier alpha value is -4.07. The number of ether oxygens (including phenoxy) is 1. The molecule has 2 N–H and O–H groups in total. The molecule has 3 aromatic rings. The van der Waals surface area contributed by atoms with Crippen LogP contribution in [-0.4, -0.2) is 63.7 Å². The van der Waals surface area contributed by atoms with Gasteiger partial charge in [0.25, 0.3) is 0 Å². The number of benzene rings is 1. The molecule has 2 aromatic heterocycles. The summed E-state index contributed by atoms with van der Waals surface area (Å²) in [7, 11) is 1.67. The van der Waals surface area contributed by atoms with Crippen molar-refractivity contribution in [2.45, 2.75) is 43.7 Å². The van der Waals surface area contributed by atoms with Gasteiger partial charge in [0, 0.05) is 55.5 Å². The van der Waals surface area contributed by atoms with Crippen molar-refractivity contribution in [2.75, 3.05) is 25.2 Å². The number of amides is 2. The van der Waals surface area contributed by atoms with Crippen LogP contribution in [-0.2, 0) is 22.4 Å². The molecule has 0 saturated carbocycles. The molecule has 9 nitrogen and oxygen atoms in total. The number of nitrogens with one attached hydrogen (secondary N) is 1. The van der Waals surface area contributed by atoms with Crippen LogP contribution in [0.15, 0.2) is 48.9 Å². The molecule has 0 aliphatic carbocycles. The lowest BCUT2D eigenvalue weighted by Crippen LogP contribution is -2.48. The smallest absolute Gasteiger partial charge is 0.342 e. The summed E-state index contributed by atoms with van der Waals surface area (Å²) in [5.41, 5.74) is 2.35. The molecular weight excluding hydrogens is 489 g/mol. The van der Waals surface area contributed by atoms with Gasteiger partial charge in [-0.2, -0.15) is 14.2 Å². The molecule has 2 amide bonds. The van der Waals surface area contributed by atoms with E-state index in [1.807, 2.05) is 18.2 Å². The van der Waals surface area contributed by atoms with Crippen molar-refractivity contribution in [3.8, 4) is 11.8 Å². The molecule has 0 bridgehead atoms. The highest BCUT2D eigenvalue weighted by atomic mass is 19.1. The number of likely N-dealkylation sites (N-methyl/N-ethyl adjacent to an activating group) is 1. The molecule has 1 atom stereocenters. The van der Waals surface area contributed by atoms with Crippen LogP contribution in [0.4, 0.5) is 14.9 Å². The van der Waals surface area contributed by atoms with Crippen LogP contribution in [0, 0.1) is 17.8 Å². The van der Waals surface area contributed by atoms with E-state index < -0.39 is 23.6 Å². The second-order valence-electron chi connectivity index (χ2n) is 9.60. The number of halogens is 1. The molecule has 0 unspecified atom stereocenters. The van der Waals surface area contributed by atoms with Gasteiger partial charge in [0.05, 0.1) is 19.4 Å². The van der Waals surface area contributed by atoms with E-state index in [1.165, 1.54) is 23.5 Å². The van der Waals surface area contributed by atoms with Gasteiger partial charge in [0.1, 0.15) is 11.6 Å². The number of aliphatic hydroxyl groups is 1. The summed E-state index contributed by atoms with van der Waals surface area (Å²) in [4.78, 5) is 31.3. The molecule has 1 aromatic carbocycles. The number of pyridine rings is 1. The lowest BCUT2D eigenvalue weighted by atomic mass is 9.94. The Morgan fingerprint density at radius 1 is 1.32 bits per heavy atom. The van der Waals surface area contributed by atoms with Crippen LogP contribution in [0.2, 0.25) is 0 Å². The molecule has 2 aliphatic rings.